The average Bonchev–Trinajstić information content (AvgIpc) is 2.30. The lowest BCUT2D eigenvalue weighted by Gasteiger charge is -2.10. The van der Waals surface area contributed by atoms with Gasteiger partial charge in [0.05, 0.1) is 6.10 Å². The molecule has 5 nitrogen and oxygen atoms in total. The monoisotopic (exact) mass is 284 g/mol. The van der Waals surface area contributed by atoms with E-state index < -0.39 is 12.0 Å². The van der Waals surface area contributed by atoms with Gasteiger partial charge in [-0.2, -0.15) is 0 Å². The van der Waals surface area contributed by atoms with Crippen molar-refractivity contribution in [2.75, 3.05) is 11.9 Å². The molecule has 0 aliphatic carbocycles. The maximum absolute atomic E-state index is 11.5. The van der Waals surface area contributed by atoms with E-state index in [2.05, 4.69) is 10.6 Å². The van der Waals surface area contributed by atoms with Crippen LogP contribution in [0.5, 0.6) is 0 Å². The van der Waals surface area contributed by atoms with Gasteiger partial charge in [-0.25, -0.2) is 4.79 Å². The molecule has 0 heterocycles. The van der Waals surface area contributed by atoms with Gasteiger partial charge in [-0.05, 0) is 38.5 Å². The highest BCUT2D eigenvalue weighted by molar-refractivity contribution is 6.31. The third kappa shape index (κ3) is 5.61. The number of carbonyl (C=O) groups excluding carboxylic acids is 2. The second-order valence-corrected chi connectivity index (χ2v) is 4.72. The summed E-state index contributed by atoms with van der Waals surface area (Å²) >= 11 is 5.94. The number of esters is 1. The molecule has 0 fully saturated rings. The van der Waals surface area contributed by atoms with E-state index in [1.807, 2.05) is 6.92 Å². The van der Waals surface area contributed by atoms with Crippen molar-refractivity contribution >= 4 is 29.3 Å². The lowest BCUT2D eigenvalue weighted by Crippen LogP contribution is -2.34. The van der Waals surface area contributed by atoms with Crippen LogP contribution < -0.4 is 10.6 Å². The Morgan fingerprint density at radius 2 is 2.05 bits per heavy atom. The topological polar surface area (TPSA) is 67.4 Å². The van der Waals surface area contributed by atoms with Crippen molar-refractivity contribution in [1.82, 2.24) is 5.32 Å². The molecule has 104 valence electrons. The average molecular weight is 285 g/mol. The van der Waals surface area contributed by atoms with Crippen molar-refractivity contribution in [3.05, 3.63) is 28.8 Å². The molecule has 0 aliphatic heterocycles. The summed E-state index contributed by atoms with van der Waals surface area (Å²) in [5.74, 6) is -0.480. The predicted molar refractivity (Wildman–Crippen MR) is 74.4 cm³/mol. The van der Waals surface area contributed by atoms with Gasteiger partial charge in [-0.1, -0.05) is 17.7 Å². The molecule has 1 aromatic carbocycles. The highest BCUT2D eigenvalue weighted by atomic mass is 35.5. The third-order valence-corrected chi connectivity index (χ3v) is 2.60. The first-order chi connectivity index (χ1) is 8.88. The van der Waals surface area contributed by atoms with Gasteiger partial charge < -0.3 is 15.4 Å². The Morgan fingerprint density at radius 3 is 2.63 bits per heavy atom. The van der Waals surface area contributed by atoms with Crippen LogP contribution >= 0.6 is 11.6 Å². The number of hydrogen-bond acceptors (Lipinski definition) is 3. The smallest absolute Gasteiger partial charge is 0.325 e. The molecule has 1 aromatic rings. The Balaban J connectivity index is 2.43. The first-order valence-electron chi connectivity index (χ1n) is 5.89. The third-order valence-electron chi connectivity index (χ3n) is 2.19. The summed E-state index contributed by atoms with van der Waals surface area (Å²) in [4.78, 5) is 22.7. The molecule has 0 unspecified atom stereocenters. The lowest BCUT2D eigenvalue weighted by molar-refractivity contribution is -0.146. The number of hydrogen-bond donors (Lipinski definition) is 2. The maximum atomic E-state index is 11.5. The van der Waals surface area contributed by atoms with Crippen LogP contribution in [-0.2, 0) is 9.53 Å². The fraction of sp³-hybridized carbons (Fsp3) is 0.385. The molecule has 0 saturated carbocycles. The second-order valence-electron chi connectivity index (χ2n) is 4.31. The fourth-order valence-corrected chi connectivity index (χ4v) is 1.48. The largest absolute Gasteiger partial charge is 0.462 e. The number of carbonyl (C=O) groups is 2. The summed E-state index contributed by atoms with van der Waals surface area (Å²) in [5, 5.41) is 5.55. The van der Waals surface area contributed by atoms with E-state index in [1.165, 1.54) is 0 Å². The minimum Gasteiger partial charge on any atom is -0.462 e. The molecule has 0 radical (unpaired) electrons. The van der Waals surface area contributed by atoms with Crippen LogP contribution in [0.4, 0.5) is 10.5 Å². The standard InChI is InChI=1S/C13H17ClN2O3/c1-8(2)19-12(17)7-15-13(18)16-10-5-4-9(3)11(14)6-10/h4-6,8H,7H2,1-3H3,(H2,15,16,18). The molecule has 19 heavy (non-hydrogen) atoms. The molecule has 0 aromatic heterocycles. The summed E-state index contributed by atoms with van der Waals surface area (Å²) in [6, 6.07) is 4.68. The van der Waals surface area contributed by atoms with Crippen molar-refractivity contribution in [2.24, 2.45) is 0 Å². The van der Waals surface area contributed by atoms with E-state index in [9.17, 15) is 9.59 Å². The zero-order valence-electron chi connectivity index (χ0n) is 11.1. The van der Waals surface area contributed by atoms with Crippen molar-refractivity contribution < 1.29 is 14.3 Å². The normalized spacial score (nSPS) is 10.2. The number of aryl methyl sites for hydroxylation is 1. The Hall–Kier alpha value is -1.75. The van der Waals surface area contributed by atoms with Gasteiger partial charge in [0, 0.05) is 10.7 Å². The minimum absolute atomic E-state index is 0.177. The minimum atomic E-state index is -0.486. The number of rotatable bonds is 4. The molecule has 0 atom stereocenters. The number of benzene rings is 1. The van der Waals surface area contributed by atoms with Crippen LogP contribution in [0.1, 0.15) is 19.4 Å². The number of nitrogens with one attached hydrogen (secondary N) is 2. The highest BCUT2D eigenvalue weighted by Crippen LogP contribution is 2.19. The molecule has 6 heteroatoms. The number of amides is 2. The Bertz CT molecular complexity index is 475. The van der Waals surface area contributed by atoms with Crippen LogP contribution in [0.25, 0.3) is 0 Å². The van der Waals surface area contributed by atoms with E-state index >= 15 is 0 Å². The highest BCUT2D eigenvalue weighted by Gasteiger charge is 2.08. The first-order valence-corrected chi connectivity index (χ1v) is 6.26. The molecule has 0 spiro atoms. The van der Waals surface area contributed by atoms with E-state index in [0.717, 1.165) is 5.56 Å². The van der Waals surface area contributed by atoms with Gasteiger partial charge in [-0.15, -0.1) is 0 Å². The van der Waals surface area contributed by atoms with Crippen LogP contribution in [-0.4, -0.2) is 24.6 Å². The van der Waals surface area contributed by atoms with E-state index in [4.69, 9.17) is 16.3 Å². The van der Waals surface area contributed by atoms with Gasteiger partial charge in [-0.3, -0.25) is 4.79 Å². The zero-order valence-corrected chi connectivity index (χ0v) is 11.9. The zero-order chi connectivity index (χ0) is 14.4. The second kappa shape index (κ2) is 6.99. The molecular weight excluding hydrogens is 268 g/mol. The Kier molecular flexibility index (Phi) is 5.63. The number of halogens is 1. The fourth-order valence-electron chi connectivity index (χ4n) is 1.30. The summed E-state index contributed by atoms with van der Waals surface area (Å²) in [6.07, 6.45) is -0.201. The van der Waals surface area contributed by atoms with Crippen LogP contribution in [0, 0.1) is 6.92 Å². The van der Waals surface area contributed by atoms with Gasteiger partial charge in [0.25, 0.3) is 0 Å². The summed E-state index contributed by atoms with van der Waals surface area (Å²) < 4.78 is 4.88. The molecule has 0 bridgehead atoms. The quantitative estimate of drug-likeness (QED) is 0.836. The summed E-state index contributed by atoms with van der Waals surface area (Å²) in [6.45, 7) is 5.18. The predicted octanol–water partition coefficient (Wildman–Crippen LogP) is 2.72. The van der Waals surface area contributed by atoms with E-state index in [0.29, 0.717) is 10.7 Å². The molecule has 0 aliphatic rings. The Morgan fingerprint density at radius 1 is 1.37 bits per heavy atom. The molecule has 1 rings (SSSR count). The lowest BCUT2D eigenvalue weighted by atomic mass is 10.2. The number of urea groups is 1. The van der Waals surface area contributed by atoms with Crippen molar-refractivity contribution in [1.29, 1.82) is 0 Å². The van der Waals surface area contributed by atoms with E-state index in [-0.39, 0.29) is 12.6 Å². The van der Waals surface area contributed by atoms with Gasteiger partial charge >= 0.3 is 12.0 Å². The van der Waals surface area contributed by atoms with Gasteiger partial charge in [0.2, 0.25) is 0 Å². The van der Waals surface area contributed by atoms with E-state index in [1.54, 1.807) is 32.0 Å². The molecule has 0 saturated heterocycles. The van der Waals surface area contributed by atoms with Gasteiger partial charge in [0.15, 0.2) is 0 Å². The molecule has 2 amide bonds. The van der Waals surface area contributed by atoms with Crippen LogP contribution in [0.15, 0.2) is 18.2 Å². The Labute approximate surface area is 117 Å². The first kappa shape index (κ1) is 15.3. The van der Waals surface area contributed by atoms with Gasteiger partial charge in [0.1, 0.15) is 6.54 Å². The summed E-state index contributed by atoms with van der Waals surface area (Å²) in [7, 11) is 0. The van der Waals surface area contributed by atoms with Crippen molar-refractivity contribution in [2.45, 2.75) is 26.9 Å². The molecular formula is C13H17ClN2O3. The number of anilines is 1. The summed E-state index contributed by atoms with van der Waals surface area (Å²) in [5.41, 5.74) is 1.48. The maximum Gasteiger partial charge on any atom is 0.325 e. The molecule has 2 N–H and O–H groups in total. The SMILES string of the molecule is Cc1ccc(NC(=O)NCC(=O)OC(C)C)cc1Cl. The van der Waals surface area contributed by atoms with Crippen molar-refractivity contribution in [3.63, 3.8) is 0 Å². The van der Waals surface area contributed by atoms with Crippen LogP contribution in [0.2, 0.25) is 5.02 Å². The van der Waals surface area contributed by atoms with Crippen molar-refractivity contribution in [3.8, 4) is 0 Å². The van der Waals surface area contributed by atoms with Crippen LogP contribution in [0.3, 0.4) is 0 Å². The number of ether oxygens (including phenoxy) is 1.